The van der Waals surface area contributed by atoms with E-state index in [1.165, 1.54) is 5.56 Å². The largest absolute Gasteiger partial charge is 0.496 e. The second-order valence-electron chi connectivity index (χ2n) is 8.13. The van der Waals surface area contributed by atoms with Gasteiger partial charge in [-0.1, -0.05) is 40.6 Å². The molecule has 2 aromatic rings. The van der Waals surface area contributed by atoms with Gasteiger partial charge in [0, 0.05) is 23.4 Å². The van der Waals surface area contributed by atoms with Crippen LogP contribution in [0.3, 0.4) is 0 Å². The Morgan fingerprint density at radius 1 is 1.24 bits per heavy atom. The van der Waals surface area contributed by atoms with E-state index in [2.05, 4.69) is 6.07 Å². The number of hydrogen-bond acceptors (Lipinski definition) is 4. The molecule has 2 aliphatic rings. The molecule has 3 atom stereocenters. The van der Waals surface area contributed by atoms with Crippen LogP contribution >= 0.6 is 11.6 Å². The van der Waals surface area contributed by atoms with Gasteiger partial charge in [-0.25, -0.2) is 0 Å². The minimum Gasteiger partial charge on any atom is -0.496 e. The predicted molar refractivity (Wildman–Crippen MR) is 114 cm³/mol. The van der Waals surface area contributed by atoms with Crippen LogP contribution in [0.2, 0.25) is 5.02 Å². The van der Waals surface area contributed by atoms with Gasteiger partial charge in [0.1, 0.15) is 5.75 Å². The first kappa shape index (κ1) is 20.8. The summed E-state index contributed by atoms with van der Waals surface area (Å²) in [6.07, 6.45) is 0.881. The fraction of sp³-hybridized carbons (Fsp3) is 0.455. The highest BCUT2D eigenvalue weighted by Gasteiger charge is 2.33. The Labute approximate surface area is 179 Å². The Morgan fingerprint density at radius 2 is 2.03 bits per heavy atom. The molecular formula is C22H23B2ClO4. The first-order valence-electron chi connectivity index (χ1n) is 9.81. The van der Waals surface area contributed by atoms with E-state index in [1.54, 1.807) is 13.2 Å². The van der Waals surface area contributed by atoms with Gasteiger partial charge in [-0.15, -0.1) is 0 Å². The Hall–Kier alpha value is -1.46. The molecule has 0 bridgehead atoms. The van der Waals surface area contributed by atoms with E-state index >= 15 is 0 Å². The molecule has 1 aliphatic carbocycles. The molecule has 1 saturated heterocycles. The first-order valence-corrected chi connectivity index (χ1v) is 10.2. The Bertz CT molecular complexity index is 918. The number of ether oxygens (including phenoxy) is 2. The molecular weight excluding hydrogens is 385 g/mol. The zero-order valence-electron chi connectivity index (χ0n) is 16.4. The second-order valence-corrected chi connectivity index (χ2v) is 8.53. The molecule has 29 heavy (non-hydrogen) atoms. The normalized spacial score (nSPS) is 25.2. The van der Waals surface area contributed by atoms with Crippen LogP contribution < -0.4 is 4.74 Å². The molecule has 3 unspecified atom stereocenters. The summed E-state index contributed by atoms with van der Waals surface area (Å²) < 4.78 is 11.5. The van der Waals surface area contributed by atoms with Gasteiger partial charge in [0.2, 0.25) is 0 Å². The van der Waals surface area contributed by atoms with Gasteiger partial charge in [-0.2, -0.15) is 0 Å². The number of halogens is 1. The molecule has 1 heterocycles. The first-order chi connectivity index (χ1) is 13.8. The van der Waals surface area contributed by atoms with Gasteiger partial charge in [0.05, 0.1) is 47.7 Å². The Balaban J connectivity index is 1.63. The Kier molecular flexibility index (Phi) is 5.73. The van der Waals surface area contributed by atoms with Gasteiger partial charge < -0.3 is 19.7 Å². The highest BCUT2D eigenvalue weighted by molar-refractivity contribution is 6.41. The van der Waals surface area contributed by atoms with Gasteiger partial charge in [0.25, 0.3) is 0 Å². The average Bonchev–Trinajstić information content (AvgIpc) is 2.67. The number of hydrogen-bond donors (Lipinski definition) is 2. The Morgan fingerprint density at radius 3 is 2.69 bits per heavy atom. The van der Waals surface area contributed by atoms with Gasteiger partial charge in [-0.05, 0) is 41.7 Å². The molecule has 4 radical (unpaired) electrons. The highest BCUT2D eigenvalue weighted by atomic mass is 35.5. The summed E-state index contributed by atoms with van der Waals surface area (Å²) in [5.74, 6) is 0.614. The zero-order chi connectivity index (χ0) is 20.8. The summed E-state index contributed by atoms with van der Waals surface area (Å²) in [6.45, 7) is -0.130. The van der Waals surface area contributed by atoms with Crippen LogP contribution in [0.5, 0.6) is 5.75 Å². The van der Waals surface area contributed by atoms with E-state index < -0.39 is 17.4 Å². The van der Waals surface area contributed by atoms with E-state index in [4.69, 9.17) is 36.8 Å². The van der Waals surface area contributed by atoms with Crippen LogP contribution in [0.15, 0.2) is 30.3 Å². The van der Waals surface area contributed by atoms with Gasteiger partial charge in [-0.3, -0.25) is 0 Å². The van der Waals surface area contributed by atoms with E-state index in [0.29, 0.717) is 36.5 Å². The summed E-state index contributed by atoms with van der Waals surface area (Å²) in [5.41, 5.74) is 5.05. The highest BCUT2D eigenvalue weighted by Crippen LogP contribution is 2.40. The van der Waals surface area contributed by atoms with Crippen LogP contribution in [-0.2, 0) is 22.8 Å². The van der Waals surface area contributed by atoms with Crippen LogP contribution in [-0.4, -0.2) is 51.8 Å². The molecule has 2 N–H and O–H groups in total. The van der Waals surface area contributed by atoms with Crippen molar-refractivity contribution in [3.8, 4) is 5.75 Å². The zero-order valence-corrected chi connectivity index (χ0v) is 17.2. The molecule has 7 heteroatoms. The third-order valence-corrected chi connectivity index (χ3v) is 6.23. The monoisotopic (exact) mass is 408 g/mol. The third kappa shape index (κ3) is 4.09. The molecule has 1 fully saturated rings. The number of rotatable bonds is 5. The third-order valence-electron chi connectivity index (χ3n) is 5.88. The molecule has 148 valence electrons. The van der Waals surface area contributed by atoms with Crippen LogP contribution in [0, 0.1) is 0 Å². The van der Waals surface area contributed by atoms with Gasteiger partial charge in [0.15, 0.2) is 0 Å². The van der Waals surface area contributed by atoms with Crippen molar-refractivity contribution in [2.45, 2.75) is 49.2 Å². The lowest BCUT2D eigenvalue weighted by atomic mass is 9.42. The summed E-state index contributed by atoms with van der Waals surface area (Å²) in [5, 5.41) is 19.6. The van der Waals surface area contributed by atoms with Crippen molar-refractivity contribution >= 4 is 27.3 Å². The summed E-state index contributed by atoms with van der Waals surface area (Å²) in [4.78, 5) is 0. The molecule has 1 aliphatic heterocycles. The van der Waals surface area contributed by atoms with E-state index in [0.717, 1.165) is 22.3 Å². The summed E-state index contributed by atoms with van der Waals surface area (Å²) in [7, 11) is 13.6. The lowest BCUT2D eigenvalue weighted by Gasteiger charge is -2.39. The smallest absolute Gasteiger partial charge is 0.126 e. The second kappa shape index (κ2) is 7.99. The van der Waals surface area contributed by atoms with Crippen molar-refractivity contribution in [1.29, 1.82) is 0 Å². The van der Waals surface area contributed by atoms with Crippen molar-refractivity contribution in [1.82, 2.24) is 0 Å². The predicted octanol–water partition coefficient (Wildman–Crippen LogP) is 2.56. The minimum absolute atomic E-state index is 0.130. The van der Waals surface area contributed by atoms with Gasteiger partial charge >= 0.3 is 0 Å². The molecule has 0 aromatic heterocycles. The molecule has 4 nitrogen and oxygen atoms in total. The number of methoxy groups -OCH3 is 1. The lowest BCUT2D eigenvalue weighted by molar-refractivity contribution is -0.114. The molecule has 2 aromatic carbocycles. The van der Waals surface area contributed by atoms with Crippen LogP contribution in [0.4, 0.5) is 0 Å². The molecule has 0 saturated carbocycles. The summed E-state index contributed by atoms with van der Waals surface area (Å²) in [6, 6.07) is 9.90. The standard InChI is InChI=1S/C22H23B2ClO4/c1-28-20-9-19(25)13(4-12-2-3-18-14(5-12)10-22(18,23)24)6-17(20)21-8-15(27)7-16(11-26)29-21/h2-3,5-6,9,15-16,21,26-27H,4,7-8,10-11H2,1H3. The lowest BCUT2D eigenvalue weighted by Crippen LogP contribution is -2.39. The van der Waals surface area contributed by atoms with Crippen molar-refractivity contribution < 1.29 is 19.7 Å². The van der Waals surface area contributed by atoms with Crippen molar-refractivity contribution in [2.75, 3.05) is 13.7 Å². The topological polar surface area (TPSA) is 58.9 Å². The van der Waals surface area contributed by atoms with E-state index in [9.17, 15) is 10.2 Å². The molecule has 0 amide bonds. The van der Waals surface area contributed by atoms with Crippen LogP contribution in [0.1, 0.15) is 46.8 Å². The number of benzene rings is 2. The van der Waals surface area contributed by atoms with Crippen molar-refractivity contribution in [3.05, 3.63) is 63.2 Å². The van der Waals surface area contributed by atoms with Crippen molar-refractivity contribution in [2.24, 2.45) is 0 Å². The maximum atomic E-state index is 10.2. The maximum Gasteiger partial charge on any atom is 0.126 e. The fourth-order valence-corrected chi connectivity index (χ4v) is 4.59. The summed E-state index contributed by atoms with van der Waals surface area (Å²) >= 11 is 6.53. The molecule has 0 spiro atoms. The average molecular weight is 408 g/mol. The maximum absolute atomic E-state index is 10.2. The molecule has 4 rings (SSSR count). The van der Waals surface area contributed by atoms with E-state index in [1.807, 2.05) is 18.2 Å². The van der Waals surface area contributed by atoms with Crippen LogP contribution in [0.25, 0.3) is 0 Å². The quantitative estimate of drug-likeness (QED) is 0.747. The van der Waals surface area contributed by atoms with E-state index in [-0.39, 0.29) is 12.7 Å². The fourth-order valence-electron chi connectivity index (χ4n) is 4.37. The van der Waals surface area contributed by atoms with Crippen molar-refractivity contribution in [3.63, 3.8) is 0 Å². The number of fused-ring (bicyclic) bond motifs is 1. The number of aliphatic hydroxyl groups is 2. The minimum atomic E-state index is -0.721. The number of aliphatic hydroxyl groups excluding tert-OH is 2. The SMILES string of the molecule is [B]C1([B])Cc2cc(Cc3cc(C4CC(O)CC(CO)O4)c(OC)cc3Cl)ccc21.